The maximum absolute atomic E-state index is 6.34. The minimum atomic E-state index is 0.378. The first-order valence-electron chi connectivity index (χ1n) is 8.56. The highest BCUT2D eigenvalue weighted by Gasteiger charge is 2.26. The Morgan fingerprint density at radius 3 is 2.80 bits per heavy atom. The molecule has 6 heteroatoms. The fraction of sp³-hybridized carbons (Fsp3) is 0.316. The van der Waals surface area contributed by atoms with Gasteiger partial charge in [0.25, 0.3) is 0 Å². The average molecular weight is 354 g/mol. The summed E-state index contributed by atoms with van der Waals surface area (Å²) in [5.74, 6) is 2.39. The van der Waals surface area contributed by atoms with E-state index in [0.717, 1.165) is 44.1 Å². The molecule has 0 aromatic carbocycles. The first-order chi connectivity index (χ1) is 12.3. The third-order valence-corrected chi connectivity index (χ3v) is 4.97. The predicted molar refractivity (Wildman–Crippen MR) is 99.0 cm³/mol. The average Bonchev–Trinajstić information content (AvgIpc) is 3.11. The molecule has 0 amide bonds. The maximum atomic E-state index is 6.34. The Hall–Kier alpha value is -2.40. The van der Waals surface area contributed by atoms with Gasteiger partial charge in [0.2, 0.25) is 0 Å². The maximum Gasteiger partial charge on any atom is 0.147 e. The summed E-state index contributed by atoms with van der Waals surface area (Å²) in [5.41, 5.74) is 1.23. The second kappa shape index (κ2) is 7.23. The Labute approximate surface area is 152 Å². The monoisotopic (exact) mass is 353 g/mol. The van der Waals surface area contributed by atoms with Crippen molar-refractivity contribution < 1.29 is 0 Å². The van der Waals surface area contributed by atoms with Crippen molar-refractivity contribution in [2.45, 2.75) is 25.3 Å². The van der Waals surface area contributed by atoms with Crippen molar-refractivity contribution >= 4 is 17.4 Å². The Morgan fingerprint density at radius 2 is 1.96 bits per heavy atom. The number of nitrogens with zero attached hydrogens (tertiary/aromatic N) is 5. The summed E-state index contributed by atoms with van der Waals surface area (Å²) in [5, 5.41) is 0.711. The van der Waals surface area contributed by atoms with Crippen molar-refractivity contribution in [3.63, 3.8) is 0 Å². The van der Waals surface area contributed by atoms with Gasteiger partial charge in [-0.15, -0.1) is 0 Å². The molecule has 4 rings (SSSR count). The fourth-order valence-corrected chi connectivity index (χ4v) is 3.73. The molecule has 1 atom stereocenters. The molecular weight excluding hydrogens is 334 g/mol. The van der Waals surface area contributed by atoms with Gasteiger partial charge < -0.3 is 9.47 Å². The number of piperidine rings is 1. The summed E-state index contributed by atoms with van der Waals surface area (Å²) in [4.78, 5) is 15.5. The number of pyridine rings is 2. The van der Waals surface area contributed by atoms with Gasteiger partial charge in [-0.25, -0.2) is 9.97 Å². The van der Waals surface area contributed by atoms with Crippen molar-refractivity contribution in [2.75, 3.05) is 18.0 Å². The minimum Gasteiger partial charge on any atom is -0.355 e. The van der Waals surface area contributed by atoms with Gasteiger partial charge in [-0.3, -0.25) is 4.98 Å². The van der Waals surface area contributed by atoms with E-state index in [2.05, 4.69) is 30.6 Å². The van der Waals surface area contributed by atoms with E-state index in [1.807, 2.05) is 42.9 Å². The van der Waals surface area contributed by atoms with Gasteiger partial charge in [0.1, 0.15) is 11.6 Å². The molecule has 4 heterocycles. The van der Waals surface area contributed by atoms with Crippen molar-refractivity contribution in [3.8, 4) is 0 Å². The number of hydrogen-bond donors (Lipinski definition) is 0. The van der Waals surface area contributed by atoms with Crippen LogP contribution in [-0.4, -0.2) is 32.6 Å². The predicted octanol–water partition coefficient (Wildman–Crippen LogP) is 3.76. The zero-order valence-corrected chi connectivity index (χ0v) is 14.7. The molecule has 0 radical (unpaired) electrons. The highest BCUT2D eigenvalue weighted by molar-refractivity contribution is 6.32. The molecule has 0 bridgehead atoms. The van der Waals surface area contributed by atoms with Crippen molar-refractivity contribution in [1.82, 2.24) is 19.5 Å². The molecular formula is C19H20ClN5. The molecule has 1 aliphatic heterocycles. The quantitative estimate of drug-likeness (QED) is 0.716. The zero-order chi connectivity index (χ0) is 17.1. The van der Waals surface area contributed by atoms with E-state index in [4.69, 9.17) is 11.6 Å². The largest absolute Gasteiger partial charge is 0.355 e. The van der Waals surface area contributed by atoms with Crippen molar-refractivity contribution in [2.24, 2.45) is 0 Å². The summed E-state index contributed by atoms with van der Waals surface area (Å²) >= 11 is 6.34. The molecule has 128 valence electrons. The number of rotatable bonds is 4. The fourth-order valence-electron chi connectivity index (χ4n) is 3.49. The van der Waals surface area contributed by atoms with E-state index in [0.29, 0.717) is 10.9 Å². The second-order valence-corrected chi connectivity index (χ2v) is 6.77. The van der Waals surface area contributed by atoms with Crippen LogP contribution in [0, 0.1) is 0 Å². The summed E-state index contributed by atoms with van der Waals surface area (Å²) in [6, 6.07) is 7.86. The summed E-state index contributed by atoms with van der Waals surface area (Å²) in [6.07, 6.45) is 11.7. The third-order valence-electron chi connectivity index (χ3n) is 4.68. The molecule has 0 unspecified atom stereocenters. The Balaban J connectivity index is 1.54. The summed E-state index contributed by atoms with van der Waals surface area (Å²) in [6.45, 7) is 2.70. The number of halogens is 1. The number of hydrogen-bond acceptors (Lipinski definition) is 4. The molecule has 0 spiro atoms. The first-order valence-corrected chi connectivity index (χ1v) is 8.94. The number of imidazole rings is 1. The highest BCUT2D eigenvalue weighted by atomic mass is 35.5. The van der Waals surface area contributed by atoms with Gasteiger partial charge in [0.05, 0.1) is 5.02 Å². The Morgan fingerprint density at radius 1 is 1.08 bits per heavy atom. The molecule has 0 saturated carbocycles. The van der Waals surface area contributed by atoms with Crippen LogP contribution in [0.15, 0.2) is 55.2 Å². The van der Waals surface area contributed by atoms with Crippen LogP contribution in [-0.2, 0) is 6.54 Å². The van der Waals surface area contributed by atoms with E-state index in [-0.39, 0.29) is 0 Å². The Kier molecular flexibility index (Phi) is 4.65. The minimum absolute atomic E-state index is 0.378. The van der Waals surface area contributed by atoms with Crippen LogP contribution in [0.25, 0.3) is 0 Å². The van der Waals surface area contributed by atoms with Gasteiger partial charge in [0.15, 0.2) is 0 Å². The van der Waals surface area contributed by atoms with Gasteiger partial charge in [-0.1, -0.05) is 11.6 Å². The lowest BCUT2D eigenvalue weighted by Gasteiger charge is -2.33. The molecule has 3 aromatic rings. The van der Waals surface area contributed by atoms with E-state index in [9.17, 15) is 0 Å². The molecule has 1 aliphatic rings. The van der Waals surface area contributed by atoms with Crippen LogP contribution in [0.3, 0.4) is 0 Å². The SMILES string of the molecule is Clc1cccnc1N1CCC[C@H](c2nccn2Cc2ccncc2)C1. The van der Waals surface area contributed by atoms with Gasteiger partial charge in [0, 0.05) is 56.5 Å². The molecule has 3 aromatic heterocycles. The summed E-state index contributed by atoms with van der Waals surface area (Å²) in [7, 11) is 0. The third kappa shape index (κ3) is 3.51. The molecule has 5 nitrogen and oxygen atoms in total. The summed E-state index contributed by atoms with van der Waals surface area (Å²) < 4.78 is 2.24. The van der Waals surface area contributed by atoms with Crippen LogP contribution < -0.4 is 4.90 Å². The first kappa shape index (κ1) is 16.1. The van der Waals surface area contributed by atoms with Crippen LogP contribution in [0.2, 0.25) is 5.02 Å². The van der Waals surface area contributed by atoms with Gasteiger partial charge >= 0.3 is 0 Å². The lowest BCUT2D eigenvalue weighted by molar-refractivity contribution is 0.474. The van der Waals surface area contributed by atoms with Crippen molar-refractivity contribution in [3.05, 3.63) is 71.7 Å². The topological polar surface area (TPSA) is 46.8 Å². The standard InChI is InChI=1S/C19H20ClN5/c20-17-4-1-7-22-19(17)24-11-2-3-16(14-24)18-23-10-12-25(18)13-15-5-8-21-9-6-15/h1,4-10,12,16H,2-3,11,13-14H2/t16-/m0/s1. The zero-order valence-electron chi connectivity index (χ0n) is 13.9. The van der Waals surface area contributed by atoms with Crippen molar-refractivity contribution in [1.29, 1.82) is 0 Å². The highest BCUT2D eigenvalue weighted by Crippen LogP contribution is 2.31. The van der Waals surface area contributed by atoms with Gasteiger partial charge in [-0.2, -0.15) is 0 Å². The molecule has 25 heavy (non-hydrogen) atoms. The van der Waals surface area contributed by atoms with E-state index < -0.39 is 0 Å². The van der Waals surface area contributed by atoms with Crippen LogP contribution >= 0.6 is 11.6 Å². The lowest BCUT2D eigenvalue weighted by atomic mass is 9.97. The normalized spacial score (nSPS) is 17.6. The molecule has 1 saturated heterocycles. The van der Waals surface area contributed by atoms with Crippen LogP contribution in [0.1, 0.15) is 30.1 Å². The Bertz CT molecular complexity index is 833. The number of anilines is 1. The van der Waals surface area contributed by atoms with Crippen LogP contribution in [0.5, 0.6) is 0 Å². The van der Waals surface area contributed by atoms with E-state index in [1.165, 1.54) is 5.56 Å². The second-order valence-electron chi connectivity index (χ2n) is 6.36. The molecule has 0 aliphatic carbocycles. The molecule has 1 fully saturated rings. The van der Waals surface area contributed by atoms with Gasteiger partial charge in [-0.05, 0) is 42.7 Å². The van der Waals surface area contributed by atoms with E-state index in [1.54, 1.807) is 6.20 Å². The van der Waals surface area contributed by atoms with Crippen LogP contribution in [0.4, 0.5) is 5.82 Å². The number of aromatic nitrogens is 4. The van der Waals surface area contributed by atoms with E-state index >= 15 is 0 Å². The lowest BCUT2D eigenvalue weighted by Crippen LogP contribution is -2.36. The smallest absolute Gasteiger partial charge is 0.147 e. The molecule has 0 N–H and O–H groups in total.